The summed E-state index contributed by atoms with van der Waals surface area (Å²) >= 11 is 0. The molecule has 4 bridgehead atoms. The number of carbonyl (C=O) groups excluding carboxylic acids is 1. The van der Waals surface area contributed by atoms with E-state index >= 15 is 0 Å². The van der Waals surface area contributed by atoms with E-state index in [0.717, 1.165) is 29.1 Å². The Bertz CT molecular complexity index is 1210. The second kappa shape index (κ2) is 7.87. The number of hydrogen-bond acceptors (Lipinski definition) is 4. The average molecular weight is 441 g/mol. The van der Waals surface area contributed by atoms with E-state index in [4.69, 9.17) is 0 Å². The molecule has 0 aliphatic heterocycles. The van der Waals surface area contributed by atoms with Crippen LogP contribution in [-0.2, 0) is 0 Å². The maximum atomic E-state index is 13.1. The first-order valence-electron chi connectivity index (χ1n) is 11.9. The normalized spacial score (nSPS) is 27.3. The molecule has 4 aliphatic carbocycles. The molecule has 0 saturated heterocycles. The second-order valence-corrected chi connectivity index (χ2v) is 10.1. The van der Waals surface area contributed by atoms with Crippen molar-refractivity contribution >= 4 is 17.3 Å². The van der Waals surface area contributed by atoms with Crippen LogP contribution in [0.2, 0.25) is 0 Å². The first-order valence-corrected chi connectivity index (χ1v) is 11.9. The molecule has 33 heavy (non-hydrogen) atoms. The minimum atomic E-state index is -0.334. The van der Waals surface area contributed by atoms with Crippen molar-refractivity contribution in [1.29, 1.82) is 0 Å². The van der Waals surface area contributed by atoms with Crippen LogP contribution in [0.4, 0.5) is 11.4 Å². The van der Waals surface area contributed by atoms with Gasteiger partial charge in [0.1, 0.15) is 5.69 Å². The Hall–Kier alpha value is -3.41. The van der Waals surface area contributed by atoms with E-state index in [9.17, 15) is 9.59 Å². The number of benzene rings is 2. The molecule has 4 saturated carbocycles. The molecule has 3 aromatic rings. The predicted octanol–water partition coefficient (Wildman–Crippen LogP) is 4.87. The Morgan fingerprint density at radius 1 is 0.818 bits per heavy atom. The third-order valence-corrected chi connectivity index (χ3v) is 7.65. The Balaban J connectivity index is 1.25. The van der Waals surface area contributed by atoms with Gasteiger partial charge in [-0.3, -0.25) is 9.59 Å². The summed E-state index contributed by atoms with van der Waals surface area (Å²) in [6, 6.07) is 19.9. The van der Waals surface area contributed by atoms with Gasteiger partial charge in [-0.2, -0.15) is 9.78 Å². The van der Waals surface area contributed by atoms with Gasteiger partial charge in [0, 0.05) is 11.6 Å². The average Bonchev–Trinajstić information content (AvgIpc) is 2.80. The van der Waals surface area contributed by atoms with Crippen LogP contribution in [0, 0.1) is 17.8 Å². The zero-order chi connectivity index (χ0) is 22.4. The van der Waals surface area contributed by atoms with Crippen molar-refractivity contribution in [3.8, 4) is 5.69 Å². The van der Waals surface area contributed by atoms with Crippen molar-refractivity contribution in [2.45, 2.75) is 44.1 Å². The quantitative estimate of drug-likeness (QED) is 0.594. The third kappa shape index (κ3) is 3.84. The molecule has 0 spiro atoms. The number of para-hydroxylation sites is 3. The van der Waals surface area contributed by atoms with Crippen LogP contribution in [0.3, 0.4) is 0 Å². The lowest BCUT2D eigenvalue weighted by molar-refractivity contribution is 0.0107. The molecule has 7 rings (SSSR count). The zero-order valence-electron chi connectivity index (χ0n) is 18.5. The number of aromatic nitrogens is 2. The van der Waals surface area contributed by atoms with Crippen LogP contribution in [0.1, 0.15) is 49.0 Å². The molecule has 0 unspecified atom stereocenters. The zero-order valence-corrected chi connectivity index (χ0v) is 18.5. The summed E-state index contributed by atoms with van der Waals surface area (Å²) in [5.41, 5.74) is 2.40. The summed E-state index contributed by atoms with van der Waals surface area (Å²) in [6.07, 6.45) is 7.85. The van der Waals surface area contributed by atoms with Crippen LogP contribution >= 0.6 is 0 Å². The maximum absolute atomic E-state index is 13.1. The van der Waals surface area contributed by atoms with Crippen LogP contribution in [0.15, 0.2) is 71.5 Å². The summed E-state index contributed by atoms with van der Waals surface area (Å²) in [5.74, 6) is 2.19. The van der Waals surface area contributed by atoms with Crippen LogP contribution in [0.25, 0.3) is 5.69 Å². The molecule has 0 radical (unpaired) electrons. The van der Waals surface area contributed by atoms with Crippen molar-refractivity contribution in [2.24, 2.45) is 17.8 Å². The minimum absolute atomic E-state index is 0.147. The maximum Gasteiger partial charge on any atom is 0.276 e. The van der Waals surface area contributed by atoms with Gasteiger partial charge < -0.3 is 10.6 Å². The lowest BCUT2D eigenvalue weighted by atomic mass is 9.53. The molecule has 4 aliphatic rings. The molecular weight excluding hydrogens is 412 g/mol. The van der Waals surface area contributed by atoms with Crippen molar-refractivity contribution in [3.05, 3.63) is 82.8 Å². The monoisotopic (exact) mass is 440 g/mol. The van der Waals surface area contributed by atoms with Gasteiger partial charge >= 0.3 is 0 Å². The fourth-order valence-corrected chi connectivity index (χ4v) is 6.72. The highest BCUT2D eigenvalue weighted by Crippen LogP contribution is 2.56. The molecule has 2 N–H and O–H groups in total. The smallest absolute Gasteiger partial charge is 0.276 e. The molecule has 1 heterocycles. The molecule has 1 aromatic heterocycles. The fourth-order valence-electron chi connectivity index (χ4n) is 6.72. The molecule has 6 nitrogen and oxygen atoms in total. The molecular formula is C27H28N4O2. The van der Waals surface area contributed by atoms with E-state index in [2.05, 4.69) is 15.7 Å². The van der Waals surface area contributed by atoms with Gasteiger partial charge in [-0.25, -0.2) is 0 Å². The lowest BCUT2D eigenvalue weighted by Crippen LogP contribution is -2.54. The largest absolute Gasteiger partial charge is 0.378 e. The predicted molar refractivity (Wildman–Crippen MR) is 129 cm³/mol. The van der Waals surface area contributed by atoms with Crippen molar-refractivity contribution < 1.29 is 4.79 Å². The fraction of sp³-hybridized carbons (Fsp3) is 0.370. The number of rotatable bonds is 5. The topological polar surface area (TPSA) is 76.0 Å². The molecule has 2 aromatic carbocycles. The Labute approximate surface area is 193 Å². The SMILES string of the molecule is O=C(Nc1ccccc1NC12CC3CC(CC(C3)C1)C2)c1ccc(=O)n(-c2ccccc2)n1. The second-order valence-electron chi connectivity index (χ2n) is 10.1. The Morgan fingerprint density at radius 2 is 1.42 bits per heavy atom. The Morgan fingerprint density at radius 3 is 2.09 bits per heavy atom. The number of amides is 1. The van der Waals surface area contributed by atoms with Gasteiger partial charge in [0.25, 0.3) is 11.5 Å². The summed E-state index contributed by atoms with van der Waals surface area (Å²) in [5, 5.41) is 11.2. The van der Waals surface area contributed by atoms with Gasteiger partial charge in [-0.1, -0.05) is 30.3 Å². The standard InChI is InChI=1S/C27H28N4O2/c32-25-11-10-24(30-31(25)21-6-2-1-3-7-21)26(33)28-22-8-4-5-9-23(22)29-27-15-18-12-19(16-27)14-20(13-18)17-27/h1-11,18-20,29H,12-17H2,(H,28,33). The van der Waals surface area contributed by atoms with Gasteiger partial charge in [0.05, 0.1) is 17.1 Å². The highest BCUT2D eigenvalue weighted by Gasteiger charge is 2.51. The van der Waals surface area contributed by atoms with E-state index in [0.29, 0.717) is 5.69 Å². The highest BCUT2D eigenvalue weighted by atomic mass is 16.2. The van der Waals surface area contributed by atoms with Crippen LogP contribution in [0.5, 0.6) is 0 Å². The summed E-state index contributed by atoms with van der Waals surface area (Å²) < 4.78 is 1.26. The van der Waals surface area contributed by atoms with Gasteiger partial charge in [-0.15, -0.1) is 0 Å². The number of hydrogen-bond donors (Lipinski definition) is 2. The summed E-state index contributed by atoms with van der Waals surface area (Å²) in [6.45, 7) is 0. The molecule has 1 amide bonds. The third-order valence-electron chi connectivity index (χ3n) is 7.65. The molecule has 4 fully saturated rings. The number of carbonyl (C=O) groups is 1. The molecule has 168 valence electrons. The van der Waals surface area contributed by atoms with Crippen LogP contribution < -0.4 is 16.2 Å². The van der Waals surface area contributed by atoms with E-state index in [1.165, 1.54) is 55.3 Å². The van der Waals surface area contributed by atoms with E-state index in [-0.39, 0.29) is 22.7 Å². The van der Waals surface area contributed by atoms with Crippen molar-refractivity contribution in [2.75, 3.05) is 10.6 Å². The minimum Gasteiger partial charge on any atom is -0.378 e. The highest BCUT2D eigenvalue weighted by molar-refractivity contribution is 6.04. The molecule has 0 atom stereocenters. The summed E-state index contributed by atoms with van der Waals surface area (Å²) in [7, 11) is 0. The van der Waals surface area contributed by atoms with E-state index in [1.54, 1.807) is 12.1 Å². The lowest BCUT2D eigenvalue weighted by Gasteiger charge is -2.57. The van der Waals surface area contributed by atoms with Gasteiger partial charge in [0.15, 0.2) is 0 Å². The number of anilines is 2. The van der Waals surface area contributed by atoms with E-state index < -0.39 is 0 Å². The Kier molecular flexibility index (Phi) is 4.82. The van der Waals surface area contributed by atoms with Crippen LogP contribution in [-0.4, -0.2) is 21.2 Å². The van der Waals surface area contributed by atoms with Gasteiger partial charge in [-0.05, 0) is 86.6 Å². The number of nitrogens with one attached hydrogen (secondary N) is 2. The van der Waals surface area contributed by atoms with Gasteiger partial charge in [0.2, 0.25) is 0 Å². The van der Waals surface area contributed by atoms with E-state index in [1.807, 2.05) is 42.5 Å². The first-order chi connectivity index (χ1) is 16.1. The van der Waals surface area contributed by atoms with Crippen molar-refractivity contribution in [1.82, 2.24) is 9.78 Å². The first kappa shape index (κ1) is 20.2. The van der Waals surface area contributed by atoms with Crippen molar-refractivity contribution in [3.63, 3.8) is 0 Å². The summed E-state index contributed by atoms with van der Waals surface area (Å²) in [4.78, 5) is 25.4. The molecule has 6 heteroatoms. The number of nitrogens with zero attached hydrogens (tertiary/aromatic N) is 2.